The Bertz CT molecular complexity index is 711. The van der Waals surface area contributed by atoms with Gasteiger partial charge in [-0.15, -0.1) is 11.3 Å². The van der Waals surface area contributed by atoms with Crippen LogP contribution in [-0.2, 0) is 14.8 Å². The molecule has 0 radical (unpaired) electrons. The molecule has 0 spiro atoms. The Morgan fingerprint density at radius 2 is 2.00 bits per heavy atom. The van der Waals surface area contributed by atoms with Gasteiger partial charge in [0.1, 0.15) is 6.04 Å². The second-order valence-corrected chi connectivity index (χ2v) is 6.60. The van der Waals surface area contributed by atoms with Crippen molar-refractivity contribution in [2.45, 2.75) is 10.9 Å². The highest BCUT2D eigenvalue weighted by Gasteiger charge is 2.17. The average Bonchev–Trinajstić information content (AvgIpc) is 2.91. The van der Waals surface area contributed by atoms with Gasteiger partial charge >= 0.3 is 0 Å². The Hall–Kier alpha value is -1.74. The number of amides is 1. The Balaban J connectivity index is 2.16. The van der Waals surface area contributed by atoms with E-state index in [1.54, 1.807) is 18.2 Å². The molecule has 0 aliphatic heterocycles. The zero-order valence-electron chi connectivity index (χ0n) is 10.3. The summed E-state index contributed by atoms with van der Waals surface area (Å²) in [6, 6.07) is 8.45. The first-order chi connectivity index (χ1) is 9.38. The van der Waals surface area contributed by atoms with Crippen LogP contribution in [0.3, 0.4) is 0 Å². The number of rotatable bonds is 4. The van der Waals surface area contributed by atoms with Crippen LogP contribution in [0, 0.1) is 0 Å². The molecule has 0 saturated carbocycles. The lowest BCUT2D eigenvalue weighted by atomic mass is 10.2. The second-order valence-electron chi connectivity index (χ2n) is 4.06. The molecule has 0 saturated heterocycles. The normalized spacial score (nSPS) is 12.9. The molecule has 2 aromatic rings. The Morgan fingerprint density at radius 3 is 2.60 bits per heavy atom. The van der Waals surface area contributed by atoms with Crippen molar-refractivity contribution in [2.24, 2.45) is 10.9 Å². The molecule has 5 N–H and O–H groups in total. The van der Waals surface area contributed by atoms with Crippen LogP contribution in [-0.4, -0.2) is 14.3 Å². The molecule has 1 heterocycles. The Kier molecular flexibility index (Phi) is 4.19. The minimum absolute atomic E-state index is 0.0694. The molecule has 6 nitrogen and oxygen atoms in total. The summed E-state index contributed by atoms with van der Waals surface area (Å²) in [7, 11) is -3.81. The van der Waals surface area contributed by atoms with E-state index in [4.69, 9.17) is 10.9 Å². The maximum absolute atomic E-state index is 12.0. The molecule has 20 heavy (non-hydrogen) atoms. The largest absolute Gasteiger partial charge is 0.324 e. The molecule has 2 rings (SSSR count). The van der Waals surface area contributed by atoms with Gasteiger partial charge in [0.05, 0.1) is 4.90 Å². The number of carbonyl (C=O) groups excluding carboxylic acids is 1. The van der Waals surface area contributed by atoms with Gasteiger partial charge < -0.3 is 11.1 Å². The molecule has 0 aliphatic rings. The average molecular weight is 311 g/mol. The number of sulfonamides is 1. The number of hydrogen-bond donors (Lipinski definition) is 3. The quantitative estimate of drug-likeness (QED) is 0.782. The predicted octanol–water partition coefficient (Wildman–Crippen LogP) is 1.03. The molecule has 0 fully saturated rings. The molecule has 1 unspecified atom stereocenters. The zero-order valence-corrected chi connectivity index (χ0v) is 11.9. The minimum atomic E-state index is -3.81. The fraction of sp³-hybridized carbons (Fsp3) is 0.0833. The number of nitrogens with one attached hydrogen (secondary N) is 1. The van der Waals surface area contributed by atoms with Crippen LogP contribution in [0.2, 0.25) is 0 Å². The lowest BCUT2D eigenvalue weighted by Crippen LogP contribution is -2.27. The van der Waals surface area contributed by atoms with E-state index in [0.29, 0.717) is 5.69 Å². The second kappa shape index (κ2) is 5.71. The molecule has 1 amide bonds. The summed E-state index contributed by atoms with van der Waals surface area (Å²) in [5, 5.41) is 9.42. The van der Waals surface area contributed by atoms with Gasteiger partial charge in [0.15, 0.2) is 0 Å². The number of hydrogen-bond acceptors (Lipinski definition) is 5. The predicted molar refractivity (Wildman–Crippen MR) is 77.7 cm³/mol. The van der Waals surface area contributed by atoms with Crippen LogP contribution in [0.25, 0.3) is 0 Å². The molecule has 106 valence electrons. The van der Waals surface area contributed by atoms with E-state index in [1.165, 1.54) is 29.5 Å². The van der Waals surface area contributed by atoms with Gasteiger partial charge in [-0.1, -0.05) is 12.1 Å². The van der Waals surface area contributed by atoms with Crippen molar-refractivity contribution >= 4 is 33.0 Å². The van der Waals surface area contributed by atoms with E-state index in [1.807, 2.05) is 5.38 Å². The topological polar surface area (TPSA) is 115 Å². The molecule has 1 aromatic carbocycles. The third kappa shape index (κ3) is 3.42. The van der Waals surface area contributed by atoms with Crippen molar-refractivity contribution < 1.29 is 13.2 Å². The molecular weight excluding hydrogens is 298 g/mol. The summed E-state index contributed by atoms with van der Waals surface area (Å²) < 4.78 is 22.5. The number of primary sulfonamides is 1. The molecule has 1 aromatic heterocycles. The van der Waals surface area contributed by atoms with E-state index in [9.17, 15) is 13.2 Å². The van der Waals surface area contributed by atoms with Crippen molar-refractivity contribution in [1.82, 2.24) is 0 Å². The molecule has 0 bridgehead atoms. The summed E-state index contributed by atoms with van der Waals surface area (Å²) in [6.45, 7) is 0. The molecular formula is C12H13N3O3S2. The van der Waals surface area contributed by atoms with Crippen LogP contribution in [0.1, 0.15) is 10.9 Å². The van der Waals surface area contributed by atoms with Crippen molar-refractivity contribution in [3.8, 4) is 0 Å². The summed E-state index contributed by atoms with van der Waals surface area (Å²) in [4.78, 5) is 12.6. The maximum atomic E-state index is 12.0. The monoisotopic (exact) mass is 311 g/mol. The number of benzene rings is 1. The highest BCUT2D eigenvalue weighted by Crippen LogP contribution is 2.20. The SMILES string of the molecule is NC(C(=O)Nc1cccc(S(N)(=O)=O)c1)c1cccs1. The number of nitrogens with two attached hydrogens (primary N) is 2. The van der Waals surface area contributed by atoms with Crippen molar-refractivity contribution in [2.75, 3.05) is 5.32 Å². The summed E-state index contributed by atoms with van der Waals surface area (Å²) in [6.07, 6.45) is 0. The van der Waals surface area contributed by atoms with Gasteiger partial charge in [0.2, 0.25) is 15.9 Å². The van der Waals surface area contributed by atoms with E-state index in [0.717, 1.165) is 4.88 Å². The highest BCUT2D eigenvalue weighted by atomic mass is 32.2. The Labute approximate surface area is 120 Å². The van der Waals surface area contributed by atoms with Crippen LogP contribution >= 0.6 is 11.3 Å². The smallest absolute Gasteiger partial charge is 0.246 e. The number of thiophene rings is 1. The summed E-state index contributed by atoms with van der Waals surface area (Å²) in [5.41, 5.74) is 6.14. The van der Waals surface area contributed by atoms with Crippen LogP contribution in [0.5, 0.6) is 0 Å². The third-order valence-corrected chi connectivity index (χ3v) is 4.43. The first-order valence-corrected chi connectivity index (χ1v) is 8.03. The van der Waals surface area contributed by atoms with E-state index in [2.05, 4.69) is 5.32 Å². The van der Waals surface area contributed by atoms with Gasteiger partial charge in [-0.3, -0.25) is 4.79 Å². The van der Waals surface area contributed by atoms with E-state index in [-0.39, 0.29) is 4.90 Å². The van der Waals surface area contributed by atoms with Crippen LogP contribution < -0.4 is 16.2 Å². The molecule has 1 atom stereocenters. The lowest BCUT2D eigenvalue weighted by molar-refractivity contribution is -0.117. The highest BCUT2D eigenvalue weighted by molar-refractivity contribution is 7.89. The minimum Gasteiger partial charge on any atom is -0.324 e. The van der Waals surface area contributed by atoms with Crippen LogP contribution in [0.15, 0.2) is 46.7 Å². The number of anilines is 1. The van der Waals surface area contributed by atoms with Crippen molar-refractivity contribution in [3.05, 3.63) is 46.7 Å². The van der Waals surface area contributed by atoms with Gasteiger partial charge in [-0.05, 0) is 29.6 Å². The fourth-order valence-electron chi connectivity index (χ4n) is 1.57. The Morgan fingerprint density at radius 1 is 1.25 bits per heavy atom. The van der Waals surface area contributed by atoms with E-state index >= 15 is 0 Å². The van der Waals surface area contributed by atoms with E-state index < -0.39 is 22.0 Å². The van der Waals surface area contributed by atoms with Gasteiger partial charge in [-0.2, -0.15) is 0 Å². The standard InChI is InChI=1S/C12H13N3O3S2/c13-11(10-5-2-6-19-10)12(16)15-8-3-1-4-9(7-8)20(14,17)18/h1-7,11H,13H2,(H,15,16)(H2,14,17,18). The third-order valence-electron chi connectivity index (χ3n) is 2.56. The number of carbonyl (C=O) groups is 1. The molecule has 8 heteroatoms. The summed E-state index contributed by atoms with van der Waals surface area (Å²) >= 11 is 1.38. The van der Waals surface area contributed by atoms with Gasteiger partial charge in [0.25, 0.3) is 0 Å². The zero-order chi connectivity index (χ0) is 14.8. The van der Waals surface area contributed by atoms with Gasteiger partial charge in [-0.25, -0.2) is 13.6 Å². The first-order valence-electron chi connectivity index (χ1n) is 5.60. The lowest BCUT2D eigenvalue weighted by Gasteiger charge is -2.11. The summed E-state index contributed by atoms with van der Waals surface area (Å²) in [5.74, 6) is -0.418. The fourth-order valence-corrected chi connectivity index (χ4v) is 2.85. The molecule has 0 aliphatic carbocycles. The maximum Gasteiger partial charge on any atom is 0.246 e. The van der Waals surface area contributed by atoms with Crippen LogP contribution in [0.4, 0.5) is 5.69 Å². The van der Waals surface area contributed by atoms with Crippen molar-refractivity contribution in [3.63, 3.8) is 0 Å². The van der Waals surface area contributed by atoms with Crippen molar-refractivity contribution in [1.29, 1.82) is 0 Å². The van der Waals surface area contributed by atoms with Gasteiger partial charge in [0, 0.05) is 10.6 Å². The first kappa shape index (κ1) is 14.7.